The summed E-state index contributed by atoms with van der Waals surface area (Å²) < 4.78 is 15.3. The van der Waals surface area contributed by atoms with Gasteiger partial charge in [-0.15, -0.1) is 0 Å². The SMILES string of the molecule is CCCCCCCCN1C(C)=CS\C1=C/C=C(/C=C/c1scc(C)[n+]1CCCCCCCC)c1scc(C)[n+]1CCCCCCCC.CCCCCCCN1C(C)=CS\C1=C/C=C(/C=C/c1scc(C)[n+]1CCCCCCC)c1scc(C)[n+]1CCCCCCC.CCCCCCCN1C(C)=CS\C1=C/C=C(/C=C/c1scc(C)[n+]1CCCCCCC)c1scc(C)[n+]1CCCCCCC.[Cl-].[Cl-].[I-].[I-].[I-].[I-]. The zero-order valence-corrected chi connectivity index (χ0v) is 108. The van der Waals surface area contributed by atoms with Gasteiger partial charge in [-0.05, 0) is 149 Å². The van der Waals surface area contributed by atoms with E-state index in [0.717, 1.165) is 58.9 Å². The summed E-state index contributed by atoms with van der Waals surface area (Å²) in [6, 6.07) is 0. The fourth-order valence-electron chi connectivity index (χ4n) is 17.9. The lowest BCUT2D eigenvalue weighted by Gasteiger charge is -2.21. The zero-order chi connectivity index (χ0) is 96.8. The van der Waals surface area contributed by atoms with Gasteiger partial charge in [0.2, 0.25) is 0 Å². The fraction of sp³-hybridized carbons (Fsp3) is 0.641. The van der Waals surface area contributed by atoms with E-state index in [4.69, 9.17) is 0 Å². The summed E-state index contributed by atoms with van der Waals surface area (Å²) >= 11 is 17.0. The molecule has 0 aliphatic carbocycles. The van der Waals surface area contributed by atoms with Gasteiger partial charge in [0, 0.05) is 135 Å². The molecule has 24 heteroatoms. The van der Waals surface area contributed by atoms with E-state index in [1.54, 1.807) is 0 Å². The molecule has 3 aliphatic rings. The van der Waals surface area contributed by atoms with E-state index in [1.165, 1.54) is 421 Å². The topological polar surface area (TPSA) is 33.0 Å². The monoisotopic (exact) mass is 2590 g/mol. The summed E-state index contributed by atoms with van der Waals surface area (Å²) in [5.41, 5.74) is 16.4. The summed E-state index contributed by atoms with van der Waals surface area (Å²) in [4.78, 5) is 7.61. The third kappa shape index (κ3) is 51.7. The van der Waals surface area contributed by atoms with Crippen molar-refractivity contribution >= 4 is 138 Å². The third-order valence-electron chi connectivity index (χ3n) is 26.6. The van der Waals surface area contributed by atoms with Crippen LogP contribution in [0.15, 0.2) is 135 Å². The van der Waals surface area contributed by atoms with Gasteiger partial charge in [-0.1, -0.05) is 378 Å². The van der Waals surface area contributed by atoms with Gasteiger partial charge < -0.3 is 135 Å². The number of thioether (sulfide) groups is 3. The van der Waals surface area contributed by atoms with E-state index in [1.807, 2.05) is 103 Å². The van der Waals surface area contributed by atoms with E-state index < -0.39 is 0 Å². The van der Waals surface area contributed by atoms with Crippen molar-refractivity contribution in [2.24, 2.45) is 0 Å². The summed E-state index contributed by atoms with van der Waals surface area (Å²) in [7, 11) is 0. The Kier molecular flexibility index (Phi) is 83.1. The van der Waals surface area contributed by atoms with Crippen LogP contribution in [0.5, 0.6) is 0 Å². The number of rotatable bonds is 69. The van der Waals surface area contributed by atoms with Gasteiger partial charge in [-0.2, -0.15) is 27.4 Å². The van der Waals surface area contributed by atoms with Crippen molar-refractivity contribution < 1.29 is 148 Å². The van der Waals surface area contributed by atoms with Crippen molar-refractivity contribution in [1.82, 2.24) is 14.7 Å². The highest BCUT2D eigenvalue weighted by Crippen LogP contribution is 2.39. The minimum Gasteiger partial charge on any atom is -1.00 e. The number of hydrogen-bond acceptors (Lipinski definition) is 12. The van der Waals surface area contributed by atoms with Gasteiger partial charge in [0.15, 0.2) is 34.2 Å². The van der Waals surface area contributed by atoms with E-state index in [-0.39, 0.29) is 121 Å². The Morgan fingerprint density at radius 3 is 0.624 bits per heavy atom. The predicted octanol–water partition coefficient (Wildman–Crippen LogP) is 18.5. The Hall–Kier alpha value is -1.39. The van der Waals surface area contributed by atoms with Crippen LogP contribution in [0, 0.1) is 41.5 Å². The molecule has 6 aromatic heterocycles. The molecule has 9 rings (SSSR count). The van der Waals surface area contributed by atoms with Gasteiger partial charge in [0.25, 0.3) is 30.0 Å². The second kappa shape index (κ2) is 85.1. The smallest absolute Gasteiger partial charge is 0.269 e. The molecule has 0 amide bonds. The highest BCUT2D eigenvalue weighted by molar-refractivity contribution is 8.06. The van der Waals surface area contributed by atoms with Crippen LogP contribution in [0.3, 0.4) is 0 Å². The Labute approximate surface area is 981 Å². The summed E-state index contributed by atoms with van der Waals surface area (Å²) in [5, 5.41) is 33.3. The maximum atomic E-state index is 2.59. The number of aryl methyl sites for hydroxylation is 6. The predicted molar refractivity (Wildman–Crippen MR) is 608 cm³/mol. The van der Waals surface area contributed by atoms with Gasteiger partial charge in [-0.25, -0.2) is 0 Å². The minimum absolute atomic E-state index is 0. The molecular weight excluding hydrogens is 2400 g/mol. The lowest BCUT2D eigenvalue weighted by molar-refractivity contribution is -0.700. The van der Waals surface area contributed by atoms with Crippen LogP contribution in [0.1, 0.15) is 455 Å². The van der Waals surface area contributed by atoms with Crippen LogP contribution in [0.25, 0.3) is 34.9 Å². The molecule has 0 radical (unpaired) electrons. The highest BCUT2D eigenvalue weighted by Gasteiger charge is 2.28. The van der Waals surface area contributed by atoms with E-state index in [9.17, 15) is 0 Å². The van der Waals surface area contributed by atoms with Crippen LogP contribution < -0.4 is 148 Å². The number of nitrogens with zero attached hydrogens (tertiary/aromatic N) is 9. The second-order valence-corrected chi connectivity index (χ2v) is 46.3. The molecule has 9 heterocycles. The van der Waals surface area contributed by atoms with Crippen molar-refractivity contribution in [3.8, 4) is 0 Å². The van der Waals surface area contributed by atoms with Gasteiger partial charge >= 0.3 is 0 Å². The first-order chi connectivity index (χ1) is 66.0. The standard InChI is InChI=1S/C41H67N3S3.2C38H61N3S3.2ClH.4HI/c1-7-10-13-16-19-22-29-42-35(4)32-45-39(42)27-25-38(41-44(37(6)34-47-41)31-24-21-18-15-12-9-3)26-28-40-43(36(5)33-46-40)30-23-20-17-14-11-8-2;2*1-7-10-13-16-19-26-39-32(4)29-42-36(39)24-22-35(38-41(34(6)31-44-38)28-21-18-15-12-9-3)23-25-37-40(33(5)30-43-37)27-20-17-14-11-8-2;;;;;;/h25-28,32-34H,7-24,29-31H2,1-6H3;2*22-25,29-31H,7-21,26-28H2,1-6H3;6*1H/q3*+2;;;;;;/p-6. The van der Waals surface area contributed by atoms with Crippen molar-refractivity contribution in [3.05, 3.63) is 200 Å². The third-order valence-corrected chi connectivity index (χ3v) is 36.3. The van der Waals surface area contributed by atoms with Crippen molar-refractivity contribution in [2.45, 2.75) is 472 Å². The van der Waals surface area contributed by atoms with Crippen LogP contribution in [-0.2, 0) is 39.3 Å². The molecule has 0 spiro atoms. The molecule has 798 valence electrons. The lowest BCUT2D eigenvalue weighted by Crippen LogP contribution is -3.00. The molecule has 0 fully saturated rings. The molecule has 6 aromatic rings. The molecule has 0 aromatic carbocycles. The molecule has 0 N–H and O–H groups in total. The lowest BCUT2D eigenvalue weighted by atomic mass is 10.1. The fourth-order valence-corrected chi connectivity index (χ4v) is 26.6. The number of unbranched alkanes of at least 4 members (excludes halogenated alkanes) is 39. The van der Waals surface area contributed by atoms with Crippen LogP contribution in [-0.4, -0.2) is 34.3 Å². The van der Waals surface area contributed by atoms with E-state index in [2.05, 4.69) is 288 Å². The van der Waals surface area contributed by atoms with Crippen molar-refractivity contribution in [1.29, 1.82) is 0 Å². The van der Waals surface area contributed by atoms with Crippen molar-refractivity contribution in [2.75, 3.05) is 19.6 Å². The number of hydrogen-bond donors (Lipinski definition) is 0. The van der Waals surface area contributed by atoms with Gasteiger partial charge in [0.1, 0.15) is 39.3 Å². The Morgan fingerprint density at radius 1 is 0.234 bits per heavy atom. The van der Waals surface area contributed by atoms with Gasteiger partial charge in [-0.3, -0.25) is 0 Å². The maximum absolute atomic E-state index is 2.59. The first kappa shape index (κ1) is 138. The molecule has 9 nitrogen and oxygen atoms in total. The summed E-state index contributed by atoms with van der Waals surface area (Å²) in [6.07, 6.45) is 92.2. The molecule has 3 aliphatic heterocycles. The van der Waals surface area contributed by atoms with E-state index >= 15 is 0 Å². The first-order valence-corrected chi connectivity index (χ1v) is 62.4. The number of aromatic nitrogens is 6. The minimum atomic E-state index is 0. The number of allylic oxidation sites excluding steroid dienone is 15. The summed E-state index contributed by atoms with van der Waals surface area (Å²) in [6.45, 7) is 51.1. The quantitative estimate of drug-likeness (QED) is 0.0164. The molecular formula is C117H189Cl2I4N9S9. The number of halogens is 6. The first-order valence-electron chi connectivity index (χ1n) is 54.5. The molecule has 0 bridgehead atoms. The molecule has 0 saturated heterocycles. The van der Waals surface area contributed by atoms with Crippen LogP contribution in [0.2, 0.25) is 0 Å². The average molecular weight is 2590 g/mol. The average Bonchev–Trinajstić information content (AvgIpc) is 1.69. The zero-order valence-electron chi connectivity index (χ0n) is 90.9. The molecule has 0 unspecified atom stereocenters. The largest absolute Gasteiger partial charge is 1.00 e. The highest BCUT2D eigenvalue weighted by atomic mass is 127. The molecule has 0 saturated carbocycles. The van der Waals surface area contributed by atoms with Crippen LogP contribution in [0.4, 0.5) is 0 Å². The van der Waals surface area contributed by atoms with Crippen molar-refractivity contribution in [3.63, 3.8) is 0 Å². The van der Waals surface area contributed by atoms with Crippen LogP contribution >= 0.6 is 103 Å². The number of thiazole rings is 6. The van der Waals surface area contributed by atoms with Gasteiger partial charge in [0.05, 0.1) is 64.1 Å². The molecule has 0 atom stereocenters. The Morgan fingerprint density at radius 2 is 0.411 bits per heavy atom. The second-order valence-electron chi connectivity index (χ2n) is 38.4. The molecule has 141 heavy (non-hydrogen) atoms. The Bertz CT molecular complexity index is 4500. The Balaban J connectivity index is 0.00000104. The van der Waals surface area contributed by atoms with E-state index in [0.29, 0.717) is 0 Å². The maximum Gasteiger partial charge on any atom is 0.269 e. The summed E-state index contributed by atoms with van der Waals surface area (Å²) in [5.74, 6) is 0. The normalized spacial score (nSPS) is 14.3.